The lowest BCUT2D eigenvalue weighted by molar-refractivity contribution is 0.200. The fourth-order valence-electron chi connectivity index (χ4n) is 2.66. The molecule has 5 nitrogen and oxygen atoms in total. The topological polar surface area (TPSA) is 76.8 Å². The number of nitrogens with zero attached hydrogens (tertiary/aromatic N) is 2. The maximum Gasteiger partial charge on any atom is 0.161 e. The first-order chi connectivity index (χ1) is 10.3. The molecule has 1 heterocycles. The summed E-state index contributed by atoms with van der Waals surface area (Å²) < 4.78 is 5.07. The third kappa shape index (κ3) is 2.99. The highest BCUT2D eigenvalue weighted by Crippen LogP contribution is 2.40. The van der Waals surface area contributed by atoms with Gasteiger partial charge in [-0.3, -0.25) is 0 Å². The average Bonchev–Trinajstić information content (AvgIpc) is 2.92. The third-order valence-electron chi connectivity index (χ3n) is 4.14. The number of benzene rings is 1. The largest absolute Gasteiger partial charge is 0.384 e. The minimum Gasteiger partial charge on any atom is -0.384 e. The smallest absolute Gasteiger partial charge is 0.161 e. The molecule has 1 aromatic heterocycles. The molecule has 0 bridgehead atoms. The maximum absolute atomic E-state index is 5.75. The number of nitrogens with two attached hydrogens (primary N) is 1. The molecule has 1 radical (unpaired) electrons. The fraction of sp³-hybridized carbons (Fsp3) is 0.500. The summed E-state index contributed by atoms with van der Waals surface area (Å²) in [4.78, 5) is 3.29. The molecule has 0 aliphatic heterocycles. The Morgan fingerprint density at radius 1 is 1.43 bits per heavy atom. The van der Waals surface area contributed by atoms with Crippen LogP contribution in [0.2, 0.25) is 0 Å². The van der Waals surface area contributed by atoms with Crippen molar-refractivity contribution < 1.29 is 4.74 Å². The first-order valence-electron chi connectivity index (χ1n) is 7.47. The molecule has 0 saturated heterocycles. The molecule has 1 saturated carbocycles. The Labute approximate surface area is 124 Å². The van der Waals surface area contributed by atoms with E-state index in [0.29, 0.717) is 19.1 Å². The third-order valence-corrected chi connectivity index (χ3v) is 4.14. The molecule has 1 aromatic carbocycles. The van der Waals surface area contributed by atoms with Gasteiger partial charge < -0.3 is 15.5 Å². The molecular weight excluding hydrogens is 264 g/mol. The van der Waals surface area contributed by atoms with Crippen LogP contribution in [0.15, 0.2) is 12.1 Å². The van der Waals surface area contributed by atoms with E-state index in [9.17, 15) is 0 Å². The van der Waals surface area contributed by atoms with Gasteiger partial charge in [-0.05, 0) is 42.0 Å². The van der Waals surface area contributed by atoms with Crippen molar-refractivity contribution in [2.45, 2.75) is 38.1 Å². The summed E-state index contributed by atoms with van der Waals surface area (Å²) in [5.74, 6) is 2.30. The summed E-state index contributed by atoms with van der Waals surface area (Å²) in [5, 5.41) is 8.48. The molecule has 0 spiro atoms. The molecule has 5 heteroatoms. The first kappa shape index (κ1) is 14.2. The van der Waals surface area contributed by atoms with Crippen LogP contribution in [-0.4, -0.2) is 28.9 Å². The van der Waals surface area contributed by atoms with Crippen LogP contribution in [0.3, 0.4) is 0 Å². The molecule has 3 rings (SSSR count). The van der Waals surface area contributed by atoms with E-state index in [1.807, 2.05) is 6.07 Å². The van der Waals surface area contributed by atoms with Crippen LogP contribution in [-0.2, 0) is 17.7 Å². The number of rotatable bonds is 6. The lowest BCUT2D eigenvalue weighted by Crippen LogP contribution is -2.11. The standard InChI is InChI=1S/C16H21N4O/c1-21-8-7-15-18-16(20-19-15)13-6-5-11(10-17)9-14(13)12-3-2-4-12/h6,9,12H,2-4,7-8,10,17H2,1H3,(H,18,19,20). The molecule has 0 atom stereocenters. The van der Waals surface area contributed by atoms with Crippen LogP contribution in [0.25, 0.3) is 11.4 Å². The molecule has 0 amide bonds. The minimum atomic E-state index is 0.523. The molecular formula is C16H21N4O. The second-order valence-electron chi connectivity index (χ2n) is 5.52. The van der Waals surface area contributed by atoms with Crippen LogP contribution in [0.5, 0.6) is 0 Å². The highest BCUT2D eigenvalue weighted by atomic mass is 16.5. The lowest BCUT2D eigenvalue weighted by atomic mass is 9.77. The SMILES string of the molecule is COCCc1nnc(-c2c[c]c(CN)cc2C2CCC2)[nH]1. The van der Waals surface area contributed by atoms with Gasteiger partial charge in [0.25, 0.3) is 0 Å². The summed E-state index contributed by atoms with van der Waals surface area (Å²) in [7, 11) is 1.69. The van der Waals surface area contributed by atoms with Gasteiger partial charge in [-0.15, -0.1) is 10.2 Å². The Hall–Kier alpha value is -1.72. The van der Waals surface area contributed by atoms with Gasteiger partial charge in [0.05, 0.1) is 6.61 Å². The van der Waals surface area contributed by atoms with E-state index in [1.54, 1.807) is 7.11 Å². The molecule has 21 heavy (non-hydrogen) atoms. The van der Waals surface area contributed by atoms with Gasteiger partial charge in [-0.2, -0.15) is 0 Å². The highest BCUT2D eigenvalue weighted by molar-refractivity contribution is 5.62. The number of aromatic nitrogens is 3. The summed E-state index contributed by atoms with van der Waals surface area (Å²) >= 11 is 0. The van der Waals surface area contributed by atoms with E-state index in [2.05, 4.69) is 27.3 Å². The van der Waals surface area contributed by atoms with Crippen molar-refractivity contribution in [2.75, 3.05) is 13.7 Å². The van der Waals surface area contributed by atoms with Gasteiger partial charge in [0, 0.05) is 25.6 Å². The Balaban J connectivity index is 1.91. The molecule has 0 unspecified atom stereocenters. The summed E-state index contributed by atoms with van der Waals surface area (Å²) in [6.45, 7) is 1.16. The Kier molecular flexibility index (Phi) is 4.31. The Morgan fingerprint density at radius 3 is 2.95 bits per heavy atom. The van der Waals surface area contributed by atoms with Gasteiger partial charge in [-0.1, -0.05) is 12.5 Å². The number of ether oxygens (including phenoxy) is 1. The Morgan fingerprint density at radius 2 is 2.29 bits per heavy atom. The summed E-state index contributed by atoms with van der Waals surface area (Å²) in [6.07, 6.45) is 4.53. The monoisotopic (exact) mass is 285 g/mol. The van der Waals surface area contributed by atoms with Gasteiger partial charge >= 0.3 is 0 Å². The van der Waals surface area contributed by atoms with Gasteiger partial charge in [0.15, 0.2) is 5.82 Å². The molecule has 3 N–H and O–H groups in total. The Bertz CT molecular complexity index is 604. The summed E-state index contributed by atoms with van der Waals surface area (Å²) in [6, 6.07) is 7.42. The second kappa shape index (κ2) is 6.37. The maximum atomic E-state index is 5.75. The van der Waals surface area contributed by atoms with E-state index in [0.717, 1.165) is 29.2 Å². The van der Waals surface area contributed by atoms with E-state index < -0.39 is 0 Å². The molecule has 1 aliphatic rings. The minimum absolute atomic E-state index is 0.523. The number of nitrogens with one attached hydrogen (secondary N) is 1. The number of hydrogen-bond donors (Lipinski definition) is 2. The van der Waals surface area contributed by atoms with E-state index in [4.69, 9.17) is 10.5 Å². The zero-order valence-corrected chi connectivity index (χ0v) is 12.4. The quantitative estimate of drug-likeness (QED) is 0.853. The van der Waals surface area contributed by atoms with Crippen molar-refractivity contribution in [3.05, 3.63) is 35.2 Å². The average molecular weight is 285 g/mol. The van der Waals surface area contributed by atoms with E-state index in [-0.39, 0.29) is 0 Å². The number of H-pyrrole nitrogens is 1. The molecule has 111 valence electrons. The van der Waals surface area contributed by atoms with Crippen molar-refractivity contribution in [1.82, 2.24) is 15.2 Å². The lowest BCUT2D eigenvalue weighted by Gasteiger charge is -2.27. The van der Waals surface area contributed by atoms with Crippen molar-refractivity contribution in [3.63, 3.8) is 0 Å². The summed E-state index contributed by atoms with van der Waals surface area (Å²) in [5.41, 5.74) is 9.23. The van der Waals surface area contributed by atoms with Crippen molar-refractivity contribution in [2.24, 2.45) is 5.73 Å². The zero-order valence-electron chi connectivity index (χ0n) is 12.4. The van der Waals surface area contributed by atoms with Gasteiger partial charge in [0.1, 0.15) is 5.82 Å². The predicted molar refractivity (Wildman–Crippen MR) is 80.7 cm³/mol. The van der Waals surface area contributed by atoms with E-state index in [1.165, 1.54) is 24.8 Å². The van der Waals surface area contributed by atoms with Gasteiger partial charge in [-0.25, -0.2) is 0 Å². The highest BCUT2D eigenvalue weighted by Gasteiger charge is 2.24. The zero-order chi connectivity index (χ0) is 14.7. The number of hydrogen-bond acceptors (Lipinski definition) is 4. The van der Waals surface area contributed by atoms with E-state index >= 15 is 0 Å². The van der Waals surface area contributed by atoms with Crippen LogP contribution < -0.4 is 5.73 Å². The number of methoxy groups -OCH3 is 1. The van der Waals surface area contributed by atoms with Crippen LogP contribution in [0.1, 0.15) is 42.1 Å². The van der Waals surface area contributed by atoms with Crippen LogP contribution >= 0.6 is 0 Å². The normalized spacial score (nSPS) is 15.1. The molecule has 1 aliphatic carbocycles. The molecule has 1 fully saturated rings. The van der Waals surface area contributed by atoms with Crippen molar-refractivity contribution >= 4 is 0 Å². The van der Waals surface area contributed by atoms with Crippen molar-refractivity contribution in [3.8, 4) is 11.4 Å². The number of aromatic amines is 1. The van der Waals surface area contributed by atoms with Crippen molar-refractivity contribution in [1.29, 1.82) is 0 Å². The fourth-order valence-corrected chi connectivity index (χ4v) is 2.66. The van der Waals surface area contributed by atoms with Crippen LogP contribution in [0, 0.1) is 6.07 Å². The van der Waals surface area contributed by atoms with Gasteiger partial charge in [0.2, 0.25) is 0 Å². The first-order valence-corrected chi connectivity index (χ1v) is 7.47. The predicted octanol–water partition coefficient (Wildman–Crippen LogP) is 2.19. The molecule has 2 aromatic rings. The van der Waals surface area contributed by atoms with Crippen LogP contribution in [0.4, 0.5) is 0 Å². The second-order valence-corrected chi connectivity index (χ2v) is 5.52.